The zero-order valence-corrected chi connectivity index (χ0v) is 23.9. The summed E-state index contributed by atoms with van der Waals surface area (Å²) in [4.78, 5) is 27.6. The lowest BCUT2D eigenvalue weighted by Crippen LogP contribution is -2.42. The SMILES string of the molecule is O=C(NC1CCS(=O)(=O)C1)/C(NC(=O)c1ccccc1)=C(\c1ccccc1)P(=O)(c1ccccc1)c1ccccc1. The van der Waals surface area contributed by atoms with Gasteiger partial charge in [-0.2, -0.15) is 0 Å². The first-order valence-corrected chi connectivity index (χ1v) is 16.7. The predicted molar refractivity (Wildman–Crippen MR) is 162 cm³/mol. The van der Waals surface area contributed by atoms with E-state index in [1.165, 1.54) is 0 Å². The molecule has 208 valence electrons. The van der Waals surface area contributed by atoms with Gasteiger partial charge in [-0.15, -0.1) is 0 Å². The van der Waals surface area contributed by atoms with Crippen LogP contribution in [0.15, 0.2) is 127 Å². The maximum absolute atomic E-state index is 15.6. The summed E-state index contributed by atoms with van der Waals surface area (Å²) in [5.74, 6) is -1.50. The summed E-state index contributed by atoms with van der Waals surface area (Å²) in [7, 11) is -7.09. The molecule has 0 saturated carbocycles. The monoisotopic (exact) mass is 584 g/mol. The number of sulfone groups is 1. The third-order valence-corrected chi connectivity index (χ3v) is 11.8. The lowest BCUT2D eigenvalue weighted by atomic mass is 10.1. The Hall–Kier alpha value is -4.26. The van der Waals surface area contributed by atoms with Crippen molar-refractivity contribution in [1.29, 1.82) is 0 Å². The quantitative estimate of drug-likeness (QED) is 0.240. The fourth-order valence-electron chi connectivity index (χ4n) is 4.93. The number of hydrogen-bond acceptors (Lipinski definition) is 5. The van der Waals surface area contributed by atoms with Crippen molar-refractivity contribution in [3.8, 4) is 0 Å². The topological polar surface area (TPSA) is 109 Å². The van der Waals surface area contributed by atoms with E-state index in [0.717, 1.165) is 0 Å². The van der Waals surface area contributed by atoms with Gasteiger partial charge in [0.15, 0.2) is 17.0 Å². The highest BCUT2D eigenvalue weighted by Gasteiger charge is 2.39. The maximum atomic E-state index is 15.6. The highest BCUT2D eigenvalue weighted by Crippen LogP contribution is 2.57. The summed E-state index contributed by atoms with van der Waals surface area (Å²) in [6, 6.07) is 34.3. The Balaban J connectivity index is 1.78. The number of amides is 2. The molecule has 1 fully saturated rings. The highest BCUT2D eigenvalue weighted by molar-refractivity contribution is 7.91. The van der Waals surface area contributed by atoms with Crippen LogP contribution in [-0.2, 0) is 19.2 Å². The number of benzene rings is 4. The van der Waals surface area contributed by atoms with Crippen molar-refractivity contribution in [3.05, 3.63) is 138 Å². The number of hydrogen-bond donors (Lipinski definition) is 2. The first-order valence-electron chi connectivity index (χ1n) is 13.2. The van der Waals surface area contributed by atoms with Crippen LogP contribution >= 0.6 is 7.14 Å². The van der Waals surface area contributed by atoms with Crippen LogP contribution in [0.25, 0.3) is 5.31 Å². The van der Waals surface area contributed by atoms with Gasteiger partial charge in [-0.3, -0.25) is 9.59 Å². The molecule has 9 heteroatoms. The molecule has 41 heavy (non-hydrogen) atoms. The average molecular weight is 585 g/mol. The molecule has 1 aliphatic heterocycles. The number of nitrogens with one attached hydrogen (secondary N) is 2. The zero-order valence-electron chi connectivity index (χ0n) is 22.1. The van der Waals surface area contributed by atoms with Crippen LogP contribution < -0.4 is 21.2 Å². The van der Waals surface area contributed by atoms with Gasteiger partial charge in [0.2, 0.25) is 0 Å². The Morgan fingerprint density at radius 3 is 1.61 bits per heavy atom. The van der Waals surface area contributed by atoms with Crippen LogP contribution in [0.3, 0.4) is 0 Å². The lowest BCUT2D eigenvalue weighted by Gasteiger charge is -2.26. The van der Waals surface area contributed by atoms with Crippen molar-refractivity contribution >= 4 is 44.7 Å². The standard InChI is InChI=1S/C32H29N2O5PS/c35-31(25-15-7-2-8-16-25)34-29(32(36)33-26-21-22-41(38,39)23-26)30(24-13-5-1-6-14-24)40(37,27-17-9-3-10-18-27)28-19-11-4-12-20-28/h1-20,26H,21-23H2,(H,33,36)(H,34,35)/b30-29-. The summed E-state index contributed by atoms with van der Waals surface area (Å²) in [5.41, 5.74) is 0.606. The molecular weight excluding hydrogens is 555 g/mol. The molecular formula is C32H29N2O5PS. The van der Waals surface area contributed by atoms with E-state index >= 15 is 4.57 Å². The van der Waals surface area contributed by atoms with Crippen molar-refractivity contribution in [2.75, 3.05) is 11.5 Å². The van der Waals surface area contributed by atoms with Gasteiger partial charge >= 0.3 is 0 Å². The highest BCUT2D eigenvalue weighted by atomic mass is 32.2. The van der Waals surface area contributed by atoms with Crippen molar-refractivity contribution in [3.63, 3.8) is 0 Å². The lowest BCUT2D eigenvalue weighted by molar-refractivity contribution is -0.118. The van der Waals surface area contributed by atoms with Gasteiger partial charge in [0.1, 0.15) is 5.70 Å². The first-order chi connectivity index (χ1) is 19.8. The molecule has 1 aliphatic rings. The number of carbonyl (C=O) groups is 2. The molecule has 2 amide bonds. The van der Waals surface area contributed by atoms with Crippen LogP contribution in [0.1, 0.15) is 22.3 Å². The largest absolute Gasteiger partial charge is 0.347 e. The summed E-state index contributed by atoms with van der Waals surface area (Å²) >= 11 is 0. The molecule has 1 saturated heterocycles. The molecule has 0 aromatic heterocycles. The minimum Gasteiger partial charge on any atom is -0.347 e. The minimum atomic E-state index is -3.80. The summed E-state index contributed by atoms with van der Waals surface area (Å²) in [5, 5.41) is 6.69. The second-order valence-corrected chi connectivity index (χ2v) is 14.7. The third-order valence-electron chi connectivity index (χ3n) is 6.91. The Morgan fingerprint density at radius 1 is 0.683 bits per heavy atom. The van der Waals surface area contributed by atoms with E-state index in [2.05, 4.69) is 10.6 Å². The van der Waals surface area contributed by atoms with Gasteiger partial charge in [0.25, 0.3) is 11.8 Å². The molecule has 0 aliphatic carbocycles. The molecule has 4 aromatic rings. The van der Waals surface area contributed by atoms with E-state index in [-0.39, 0.29) is 28.9 Å². The van der Waals surface area contributed by atoms with Crippen LogP contribution in [-0.4, -0.2) is 37.8 Å². The average Bonchev–Trinajstić information content (AvgIpc) is 3.35. The van der Waals surface area contributed by atoms with Gasteiger partial charge in [-0.1, -0.05) is 109 Å². The second kappa shape index (κ2) is 12.1. The van der Waals surface area contributed by atoms with Crippen molar-refractivity contribution < 1.29 is 22.6 Å². The van der Waals surface area contributed by atoms with E-state index in [9.17, 15) is 18.0 Å². The van der Waals surface area contributed by atoms with E-state index in [4.69, 9.17) is 0 Å². The Bertz CT molecular complexity index is 1680. The zero-order chi connectivity index (χ0) is 28.9. The van der Waals surface area contributed by atoms with Gasteiger partial charge < -0.3 is 15.2 Å². The van der Waals surface area contributed by atoms with Gasteiger partial charge in [0.05, 0.1) is 16.8 Å². The fraction of sp³-hybridized carbons (Fsp3) is 0.125. The van der Waals surface area contributed by atoms with E-state index in [1.54, 1.807) is 103 Å². The Labute approximate surface area is 239 Å². The molecule has 4 aromatic carbocycles. The van der Waals surface area contributed by atoms with E-state index in [0.29, 0.717) is 21.7 Å². The van der Waals surface area contributed by atoms with Crippen molar-refractivity contribution in [2.45, 2.75) is 12.5 Å². The molecule has 0 spiro atoms. The molecule has 7 nitrogen and oxygen atoms in total. The third kappa shape index (κ3) is 6.24. The first kappa shape index (κ1) is 28.3. The number of rotatable bonds is 8. The van der Waals surface area contributed by atoms with Crippen LogP contribution in [0.2, 0.25) is 0 Å². The van der Waals surface area contributed by atoms with Gasteiger partial charge in [-0.25, -0.2) is 8.42 Å². The van der Waals surface area contributed by atoms with Gasteiger partial charge in [-0.05, 0) is 24.1 Å². The number of carbonyl (C=O) groups excluding carboxylic acids is 2. The molecule has 1 atom stereocenters. The Morgan fingerprint density at radius 2 is 1.15 bits per heavy atom. The van der Waals surface area contributed by atoms with E-state index < -0.39 is 34.8 Å². The van der Waals surface area contributed by atoms with Gasteiger partial charge in [0, 0.05) is 22.2 Å². The van der Waals surface area contributed by atoms with E-state index in [1.807, 2.05) is 18.2 Å². The summed E-state index contributed by atoms with van der Waals surface area (Å²) in [6.07, 6.45) is 0.254. The molecule has 0 radical (unpaired) electrons. The maximum Gasteiger partial charge on any atom is 0.268 e. The minimum absolute atomic E-state index is 0.0363. The molecule has 1 unspecified atom stereocenters. The van der Waals surface area contributed by atoms with Crippen molar-refractivity contribution in [1.82, 2.24) is 10.6 Å². The van der Waals surface area contributed by atoms with Crippen molar-refractivity contribution in [2.24, 2.45) is 0 Å². The van der Waals surface area contributed by atoms with Crippen LogP contribution in [0, 0.1) is 0 Å². The fourth-order valence-corrected chi connectivity index (χ4v) is 9.58. The molecule has 1 heterocycles. The smallest absolute Gasteiger partial charge is 0.268 e. The van der Waals surface area contributed by atoms with Crippen LogP contribution in [0.4, 0.5) is 0 Å². The predicted octanol–water partition coefficient (Wildman–Crippen LogP) is 4.10. The second-order valence-electron chi connectivity index (χ2n) is 9.76. The molecule has 0 bridgehead atoms. The molecule has 5 rings (SSSR count). The molecule has 2 N–H and O–H groups in total. The summed E-state index contributed by atoms with van der Waals surface area (Å²) < 4.78 is 40.0. The Kier molecular flexibility index (Phi) is 8.34. The van der Waals surface area contributed by atoms with Crippen LogP contribution in [0.5, 0.6) is 0 Å². The summed E-state index contributed by atoms with van der Waals surface area (Å²) in [6.45, 7) is 0. The normalized spacial score (nSPS) is 16.8.